The predicted molar refractivity (Wildman–Crippen MR) is 91.7 cm³/mol. The van der Waals surface area contributed by atoms with Gasteiger partial charge in [0.25, 0.3) is 5.91 Å². The van der Waals surface area contributed by atoms with E-state index in [0.717, 1.165) is 26.1 Å². The molecule has 0 aliphatic carbocycles. The average molecular weight is 348 g/mol. The number of rotatable bonds is 4. The van der Waals surface area contributed by atoms with Gasteiger partial charge in [0.1, 0.15) is 5.82 Å². The van der Waals surface area contributed by atoms with E-state index in [9.17, 15) is 9.18 Å². The first-order valence-electron chi connectivity index (χ1n) is 7.99. The number of halogens is 2. The lowest BCUT2D eigenvalue weighted by molar-refractivity contribution is 0.0634. The Bertz CT molecular complexity index is 703. The Morgan fingerprint density at radius 1 is 1.12 bits per heavy atom. The van der Waals surface area contributed by atoms with Gasteiger partial charge in [-0.1, -0.05) is 11.6 Å². The first kappa shape index (κ1) is 16.9. The van der Waals surface area contributed by atoms with Crippen molar-refractivity contribution in [3.63, 3.8) is 0 Å². The van der Waals surface area contributed by atoms with Crippen LogP contribution in [0.15, 0.2) is 42.7 Å². The monoisotopic (exact) mass is 347 g/mol. The molecule has 1 amide bonds. The maximum Gasteiger partial charge on any atom is 0.256 e. The van der Waals surface area contributed by atoms with Crippen molar-refractivity contribution in [1.29, 1.82) is 0 Å². The minimum Gasteiger partial charge on any atom is -0.336 e. The molecule has 0 N–H and O–H groups in total. The summed E-state index contributed by atoms with van der Waals surface area (Å²) in [5, 5.41) is 0.296. The summed E-state index contributed by atoms with van der Waals surface area (Å²) in [7, 11) is 0. The number of carbonyl (C=O) groups excluding carboxylic acids is 1. The second-order valence-corrected chi connectivity index (χ2v) is 6.30. The lowest BCUT2D eigenvalue weighted by Gasteiger charge is -2.34. The van der Waals surface area contributed by atoms with Crippen LogP contribution in [0.25, 0.3) is 0 Å². The number of benzene rings is 1. The third-order valence-electron chi connectivity index (χ3n) is 4.29. The van der Waals surface area contributed by atoms with Crippen LogP contribution < -0.4 is 0 Å². The summed E-state index contributed by atoms with van der Waals surface area (Å²) in [4.78, 5) is 20.5. The number of hydrogen-bond donors (Lipinski definition) is 0. The largest absolute Gasteiger partial charge is 0.336 e. The first-order chi connectivity index (χ1) is 11.6. The third kappa shape index (κ3) is 4.10. The van der Waals surface area contributed by atoms with Gasteiger partial charge in [0.05, 0.1) is 5.56 Å². The molecular formula is C18H19ClFN3O. The van der Waals surface area contributed by atoms with Crippen LogP contribution in [-0.4, -0.2) is 53.4 Å². The summed E-state index contributed by atoms with van der Waals surface area (Å²) in [5.41, 5.74) is 1.34. The van der Waals surface area contributed by atoms with Crippen molar-refractivity contribution in [2.24, 2.45) is 0 Å². The van der Waals surface area contributed by atoms with Crippen LogP contribution in [0.1, 0.15) is 15.9 Å². The number of pyridine rings is 1. The molecule has 2 aromatic rings. The molecule has 6 heteroatoms. The summed E-state index contributed by atoms with van der Waals surface area (Å²) in [6.07, 6.45) is 4.56. The predicted octanol–water partition coefficient (Wildman–Crippen LogP) is 2.87. The second kappa shape index (κ2) is 7.73. The van der Waals surface area contributed by atoms with E-state index in [1.165, 1.54) is 17.7 Å². The molecule has 1 aliphatic rings. The third-order valence-corrected chi connectivity index (χ3v) is 4.52. The standard InChI is InChI=1S/C18H19ClFN3O/c19-15-1-2-16(17(20)13-15)18(24)23-11-9-22(10-12-23)8-5-14-3-6-21-7-4-14/h1-4,6-7,13H,5,8-12H2. The highest BCUT2D eigenvalue weighted by Gasteiger charge is 2.23. The molecule has 0 saturated carbocycles. The Balaban J connectivity index is 1.52. The van der Waals surface area contributed by atoms with Crippen molar-refractivity contribution < 1.29 is 9.18 Å². The van der Waals surface area contributed by atoms with Gasteiger partial charge in [0.2, 0.25) is 0 Å². The highest BCUT2D eigenvalue weighted by atomic mass is 35.5. The van der Waals surface area contributed by atoms with Crippen molar-refractivity contribution >= 4 is 17.5 Å². The molecule has 0 radical (unpaired) electrons. The molecule has 1 aliphatic heterocycles. The summed E-state index contributed by atoms with van der Waals surface area (Å²) >= 11 is 5.74. The Labute approximate surface area is 145 Å². The van der Waals surface area contributed by atoms with Gasteiger partial charge in [-0.3, -0.25) is 14.7 Å². The fraction of sp³-hybridized carbons (Fsp3) is 0.333. The van der Waals surface area contributed by atoms with Gasteiger partial charge in [-0.2, -0.15) is 0 Å². The molecule has 0 bridgehead atoms. The first-order valence-corrected chi connectivity index (χ1v) is 8.37. The van der Waals surface area contributed by atoms with Crippen molar-refractivity contribution in [2.45, 2.75) is 6.42 Å². The lowest BCUT2D eigenvalue weighted by atomic mass is 10.1. The zero-order chi connectivity index (χ0) is 16.9. The summed E-state index contributed by atoms with van der Waals surface area (Å²) in [6, 6.07) is 8.21. The Kier molecular flexibility index (Phi) is 5.43. The summed E-state index contributed by atoms with van der Waals surface area (Å²) in [6.45, 7) is 3.76. The van der Waals surface area contributed by atoms with E-state index in [4.69, 9.17) is 11.6 Å². The molecule has 126 valence electrons. The topological polar surface area (TPSA) is 36.4 Å². The highest BCUT2D eigenvalue weighted by Crippen LogP contribution is 2.17. The zero-order valence-corrected chi connectivity index (χ0v) is 14.0. The summed E-state index contributed by atoms with van der Waals surface area (Å²) < 4.78 is 13.9. The van der Waals surface area contributed by atoms with E-state index >= 15 is 0 Å². The molecule has 2 heterocycles. The molecular weight excluding hydrogens is 329 g/mol. The molecule has 1 saturated heterocycles. The van der Waals surface area contributed by atoms with Gasteiger partial charge in [-0.25, -0.2) is 4.39 Å². The van der Waals surface area contributed by atoms with E-state index in [0.29, 0.717) is 18.1 Å². The van der Waals surface area contributed by atoms with Crippen LogP contribution in [-0.2, 0) is 6.42 Å². The minimum atomic E-state index is -0.562. The van der Waals surface area contributed by atoms with Crippen LogP contribution in [0.5, 0.6) is 0 Å². The van der Waals surface area contributed by atoms with E-state index in [1.807, 2.05) is 12.1 Å². The SMILES string of the molecule is O=C(c1ccc(Cl)cc1F)N1CCN(CCc2ccncc2)CC1. The smallest absolute Gasteiger partial charge is 0.256 e. The van der Waals surface area contributed by atoms with Crippen molar-refractivity contribution in [1.82, 2.24) is 14.8 Å². The van der Waals surface area contributed by atoms with Crippen LogP contribution in [0.3, 0.4) is 0 Å². The quantitative estimate of drug-likeness (QED) is 0.853. The van der Waals surface area contributed by atoms with Crippen molar-refractivity contribution in [2.75, 3.05) is 32.7 Å². The number of hydrogen-bond acceptors (Lipinski definition) is 3. The number of nitrogens with zero attached hydrogens (tertiary/aromatic N) is 3. The van der Waals surface area contributed by atoms with E-state index in [1.54, 1.807) is 23.4 Å². The fourth-order valence-corrected chi connectivity index (χ4v) is 3.00. The van der Waals surface area contributed by atoms with Gasteiger partial charge in [0.15, 0.2) is 0 Å². The fourth-order valence-electron chi connectivity index (χ4n) is 2.84. The molecule has 0 atom stereocenters. The van der Waals surface area contributed by atoms with Crippen LogP contribution in [0, 0.1) is 5.82 Å². The van der Waals surface area contributed by atoms with E-state index < -0.39 is 5.82 Å². The molecule has 0 unspecified atom stereocenters. The van der Waals surface area contributed by atoms with Gasteiger partial charge in [-0.15, -0.1) is 0 Å². The maximum atomic E-state index is 13.9. The molecule has 1 fully saturated rings. The van der Waals surface area contributed by atoms with E-state index in [2.05, 4.69) is 9.88 Å². The molecule has 3 rings (SSSR count). The maximum absolute atomic E-state index is 13.9. The lowest BCUT2D eigenvalue weighted by Crippen LogP contribution is -2.49. The van der Waals surface area contributed by atoms with Crippen molar-refractivity contribution in [3.8, 4) is 0 Å². The molecule has 24 heavy (non-hydrogen) atoms. The average Bonchev–Trinajstić information content (AvgIpc) is 2.61. The highest BCUT2D eigenvalue weighted by molar-refractivity contribution is 6.30. The van der Waals surface area contributed by atoms with Crippen LogP contribution >= 0.6 is 11.6 Å². The van der Waals surface area contributed by atoms with Gasteiger partial charge in [-0.05, 0) is 42.3 Å². The number of aromatic nitrogens is 1. The molecule has 4 nitrogen and oxygen atoms in total. The number of piperazine rings is 1. The normalized spacial score (nSPS) is 15.5. The Hall–Kier alpha value is -1.98. The number of amides is 1. The zero-order valence-electron chi connectivity index (χ0n) is 13.3. The van der Waals surface area contributed by atoms with Gasteiger partial charge < -0.3 is 4.90 Å². The van der Waals surface area contributed by atoms with Crippen molar-refractivity contribution in [3.05, 3.63) is 64.7 Å². The van der Waals surface area contributed by atoms with E-state index in [-0.39, 0.29) is 11.5 Å². The van der Waals surface area contributed by atoms with Crippen LogP contribution in [0.2, 0.25) is 5.02 Å². The van der Waals surface area contributed by atoms with Gasteiger partial charge >= 0.3 is 0 Å². The van der Waals surface area contributed by atoms with Crippen LogP contribution in [0.4, 0.5) is 4.39 Å². The number of carbonyl (C=O) groups is 1. The molecule has 1 aromatic carbocycles. The Morgan fingerprint density at radius 3 is 2.50 bits per heavy atom. The molecule has 0 spiro atoms. The minimum absolute atomic E-state index is 0.0876. The second-order valence-electron chi connectivity index (χ2n) is 5.86. The van der Waals surface area contributed by atoms with Gasteiger partial charge in [0, 0.05) is 50.1 Å². The Morgan fingerprint density at radius 2 is 1.83 bits per heavy atom. The summed E-state index contributed by atoms with van der Waals surface area (Å²) in [5.74, 6) is -0.828. The molecule has 1 aromatic heterocycles.